The number of nitrogens with zero attached hydrogens (tertiary/aromatic N) is 2. The Morgan fingerprint density at radius 2 is 1.65 bits per heavy atom. The molecule has 9 heteroatoms. The van der Waals surface area contributed by atoms with Crippen LogP contribution < -0.4 is 9.62 Å². The highest BCUT2D eigenvalue weighted by atomic mass is 127. The van der Waals surface area contributed by atoms with Gasteiger partial charge in [0.15, 0.2) is 0 Å². The first-order chi connectivity index (χ1) is 14.7. The number of nitrogens with one attached hydrogen (secondary N) is 1. The number of hydrogen-bond donors (Lipinski definition) is 1. The van der Waals surface area contributed by atoms with Crippen LogP contribution in [0.2, 0.25) is 0 Å². The zero-order valence-corrected chi connectivity index (χ0v) is 20.9. The van der Waals surface area contributed by atoms with Crippen LogP contribution in [0.3, 0.4) is 0 Å². The molecule has 0 aliphatic rings. The molecule has 0 aliphatic carbocycles. The molecule has 31 heavy (non-hydrogen) atoms. The minimum absolute atomic E-state index is 0.208. The number of amides is 2. The van der Waals surface area contributed by atoms with E-state index in [0.717, 1.165) is 19.7 Å². The number of carbonyl (C=O) groups excluding carboxylic acids is 2. The van der Waals surface area contributed by atoms with Crippen molar-refractivity contribution in [2.24, 2.45) is 0 Å². The van der Waals surface area contributed by atoms with Gasteiger partial charge in [0.05, 0.1) is 11.9 Å². The second-order valence-corrected chi connectivity index (χ2v) is 10.2. The minimum atomic E-state index is -3.71. The molecule has 0 spiro atoms. The van der Waals surface area contributed by atoms with Crippen LogP contribution in [-0.4, -0.2) is 50.5 Å². The van der Waals surface area contributed by atoms with Gasteiger partial charge in [0.25, 0.3) is 0 Å². The molecule has 7 nitrogen and oxygen atoms in total. The molecule has 2 amide bonds. The second kappa shape index (κ2) is 11.5. The number of hydrogen-bond acceptors (Lipinski definition) is 4. The lowest BCUT2D eigenvalue weighted by Gasteiger charge is -2.32. The molecule has 2 rings (SSSR count). The third kappa shape index (κ3) is 7.20. The Labute approximate surface area is 198 Å². The normalized spacial score (nSPS) is 12.1. The van der Waals surface area contributed by atoms with Crippen LogP contribution in [0.15, 0.2) is 54.6 Å². The standard InChI is InChI=1S/C22H28IN3O4S/c1-4-20(22(28)24-5-2)25(15-17-9-7-6-8-10-17)21(27)16-26(31(3,29)30)19-13-11-18(23)12-14-19/h6-14,20H,4-5,15-16H2,1-3H3,(H,24,28). The van der Waals surface area contributed by atoms with E-state index in [-0.39, 0.29) is 19.0 Å². The van der Waals surface area contributed by atoms with E-state index >= 15 is 0 Å². The maximum atomic E-state index is 13.4. The number of benzene rings is 2. The van der Waals surface area contributed by atoms with Crippen molar-refractivity contribution >= 4 is 50.1 Å². The number of carbonyl (C=O) groups is 2. The predicted octanol–water partition coefficient (Wildman–Crippen LogP) is 3.00. The van der Waals surface area contributed by atoms with Gasteiger partial charge in [-0.2, -0.15) is 0 Å². The lowest BCUT2D eigenvalue weighted by atomic mass is 10.1. The van der Waals surface area contributed by atoms with Crippen molar-refractivity contribution in [2.45, 2.75) is 32.9 Å². The molecule has 0 bridgehead atoms. The Balaban J connectivity index is 2.39. The van der Waals surface area contributed by atoms with Gasteiger partial charge in [-0.25, -0.2) is 8.42 Å². The molecule has 2 aromatic rings. The van der Waals surface area contributed by atoms with E-state index in [1.54, 1.807) is 24.3 Å². The van der Waals surface area contributed by atoms with E-state index < -0.39 is 22.0 Å². The van der Waals surface area contributed by atoms with E-state index in [2.05, 4.69) is 27.9 Å². The summed E-state index contributed by atoms with van der Waals surface area (Å²) < 4.78 is 27.0. The highest BCUT2D eigenvalue weighted by molar-refractivity contribution is 14.1. The Morgan fingerprint density at radius 1 is 1.03 bits per heavy atom. The highest BCUT2D eigenvalue weighted by Gasteiger charge is 2.31. The SMILES string of the molecule is CCNC(=O)C(CC)N(Cc1ccccc1)C(=O)CN(c1ccc(I)cc1)S(C)(=O)=O. The van der Waals surface area contributed by atoms with Gasteiger partial charge in [0.2, 0.25) is 21.8 Å². The number of anilines is 1. The van der Waals surface area contributed by atoms with Crippen molar-refractivity contribution in [3.8, 4) is 0 Å². The van der Waals surface area contributed by atoms with Gasteiger partial charge in [-0.05, 0) is 65.8 Å². The third-order valence-corrected chi connectivity index (χ3v) is 6.59. The van der Waals surface area contributed by atoms with Gasteiger partial charge >= 0.3 is 0 Å². The van der Waals surface area contributed by atoms with E-state index in [1.807, 2.05) is 44.2 Å². The molecular weight excluding hydrogens is 529 g/mol. The minimum Gasteiger partial charge on any atom is -0.355 e. The first-order valence-corrected chi connectivity index (χ1v) is 12.9. The summed E-state index contributed by atoms with van der Waals surface area (Å²) in [6.45, 7) is 3.91. The molecule has 1 unspecified atom stereocenters. The summed E-state index contributed by atoms with van der Waals surface area (Å²) in [4.78, 5) is 27.5. The van der Waals surface area contributed by atoms with Gasteiger partial charge in [-0.3, -0.25) is 13.9 Å². The summed E-state index contributed by atoms with van der Waals surface area (Å²) in [7, 11) is -3.71. The zero-order chi connectivity index (χ0) is 23.0. The fourth-order valence-corrected chi connectivity index (χ4v) is 4.42. The Bertz CT molecular complexity index is 982. The topological polar surface area (TPSA) is 86.8 Å². The summed E-state index contributed by atoms with van der Waals surface area (Å²) in [5.74, 6) is -0.694. The smallest absolute Gasteiger partial charge is 0.244 e. The fraction of sp³-hybridized carbons (Fsp3) is 0.364. The average molecular weight is 557 g/mol. The Morgan fingerprint density at radius 3 is 2.16 bits per heavy atom. The van der Waals surface area contributed by atoms with E-state index in [1.165, 1.54) is 4.90 Å². The fourth-order valence-electron chi connectivity index (χ4n) is 3.21. The van der Waals surface area contributed by atoms with Crippen LogP contribution >= 0.6 is 22.6 Å². The predicted molar refractivity (Wildman–Crippen MR) is 131 cm³/mol. The van der Waals surface area contributed by atoms with Gasteiger partial charge in [-0.15, -0.1) is 0 Å². The van der Waals surface area contributed by atoms with Gasteiger partial charge < -0.3 is 10.2 Å². The molecule has 1 N–H and O–H groups in total. The third-order valence-electron chi connectivity index (χ3n) is 4.73. The highest BCUT2D eigenvalue weighted by Crippen LogP contribution is 2.21. The van der Waals surface area contributed by atoms with E-state index in [9.17, 15) is 18.0 Å². The van der Waals surface area contributed by atoms with Crippen molar-refractivity contribution in [3.63, 3.8) is 0 Å². The second-order valence-electron chi connectivity index (χ2n) is 7.07. The van der Waals surface area contributed by atoms with Crippen LogP contribution in [0.4, 0.5) is 5.69 Å². The van der Waals surface area contributed by atoms with Crippen LogP contribution in [0.25, 0.3) is 0 Å². The van der Waals surface area contributed by atoms with Crippen molar-refractivity contribution in [1.29, 1.82) is 0 Å². The summed E-state index contributed by atoms with van der Waals surface area (Å²) >= 11 is 2.13. The van der Waals surface area contributed by atoms with Crippen molar-refractivity contribution in [3.05, 3.63) is 63.7 Å². The summed E-state index contributed by atoms with van der Waals surface area (Å²) in [5, 5.41) is 2.77. The molecule has 0 radical (unpaired) electrons. The molecule has 0 saturated carbocycles. The van der Waals surface area contributed by atoms with Crippen LogP contribution in [0.1, 0.15) is 25.8 Å². The largest absolute Gasteiger partial charge is 0.355 e. The number of likely N-dealkylation sites (N-methyl/N-ethyl adjacent to an activating group) is 1. The van der Waals surface area contributed by atoms with E-state index in [0.29, 0.717) is 18.7 Å². The van der Waals surface area contributed by atoms with Crippen LogP contribution in [0.5, 0.6) is 0 Å². The Kier molecular flexibility index (Phi) is 9.30. The van der Waals surface area contributed by atoms with Crippen LogP contribution in [0, 0.1) is 3.57 Å². The quantitative estimate of drug-likeness (QED) is 0.456. The van der Waals surface area contributed by atoms with Gasteiger partial charge in [-0.1, -0.05) is 37.3 Å². The molecule has 0 heterocycles. The maximum absolute atomic E-state index is 13.4. The van der Waals surface area contributed by atoms with Crippen molar-refractivity contribution in [2.75, 3.05) is 23.7 Å². The monoisotopic (exact) mass is 557 g/mol. The summed E-state index contributed by atoms with van der Waals surface area (Å²) in [6.07, 6.45) is 1.48. The molecular formula is C22H28IN3O4S. The van der Waals surface area contributed by atoms with E-state index in [4.69, 9.17) is 0 Å². The average Bonchev–Trinajstić information content (AvgIpc) is 2.72. The molecule has 0 saturated heterocycles. The summed E-state index contributed by atoms with van der Waals surface area (Å²) in [6, 6.07) is 15.5. The molecule has 0 fully saturated rings. The van der Waals surface area contributed by atoms with Crippen molar-refractivity contribution < 1.29 is 18.0 Å². The Hall–Kier alpha value is -2.14. The lowest BCUT2D eigenvalue weighted by molar-refractivity contribution is -0.140. The summed E-state index contributed by atoms with van der Waals surface area (Å²) in [5.41, 5.74) is 1.26. The molecule has 0 aliphatic heterocycles. The van der Waals surface area contributed by atoms with Gasteiger partial charge in [0.1, 0.15) is 12.6 Å². The van der Waals surface area contributed by atoms with Gasteiger partial charge in [0, 0.05) is 16.7 Å². The number of rotatable bonds is 10. The first-order valence-electron chi connectivity index (χ1n) is 10.0. The zero-order valence-electron chi connectivity index (χ0n) is 17.9. The van der Waals surface area contributed by atoms with Crippen LogP contribution in [-0.2, 0) is 26.2 Å². The maximum Gasteiger partial charge on any atom is 0.244 e. The molecule has 1 atom stereocenters. The molecule has 0 aromatic heterocycles. The molecule has 168 valence electrons. The molecule has 2 aromatic carbocycles. The lowest BCUT2D eigenvalue weighted by Crippen LogP contribution is -2.52. The first kappa shape index (κ1) is 25.1. The number of halogens is 1. The van der Waals surface area contributed by atoms with Crippen molar-refractivity contribution in [1.82, 2.24) is 10.2 Å². The number of sulfonamides is 1.